The third-order valence-electron chi connectivity index (χ3n) is 4.12. The predicted octanol–water partition coefficient (Wildman–Crippen LogP) is 1.68. The Bertz CT molecular complexity index is 437. The summed E-state index contributed by atoms with van der Waals surface area (Å²) in [6.07, 6.45) is -0.292. The van der Waals surface area contributed by atoms with Crippen LogP contribution in [0.2, 0.25) is 0 Å². The number of likely N-dealkylation sites (tertiary alicyclic amines) is 1. The first-order valence-electron chi connectivity index (χ1n) is 7.08. The Hall–Kier alpha value is -0.940. The standard InChI is InChI=1S/C16H25NO3/c1-11-5-6-12(2)13(7-11)14(18)8-17-9-15(19-3)16(10-17)20-4/h5-7,14-16,18H,8-10H2,1-4H3. The molecule has 1 saturated heterocycles. The van der Waals surface area contributed by atoms with Gasteiger partial charge >= 0.3 is 0 Å². The highest BCUT2D eigenvalue weighted by Crippen LogP contribution is 2.23. The van der Waals surface area contributed by atoms with Crippen molar-refractivity contribution in [3.63, 3.8) is 0 Å². The fraction of sp³-hybridized carbons (Fsp3) is 0.625. The van der Waals surface area contributed by atoms with Crippen LogP contribution in [0.4, 0.5) is 0 Å². The molecule has 0 saturated carbocycles. The van der Waals surface area contributed by atoms with Crippen LogP contribution in [0.15, 0.2) is 18.2 Å². The van der Waals surface area contributed by atoms with Crippen molar-refractivity contribution in [3.05, 3.63) is 34.9 Å². The largest absolute Gasteiger partial charge is 0.387 e. The number of ether oxygens (including phenoxy) is 2. The molecule has 4 nitrogen and oxygen atoms in total. The van der Waals surface area contributed by atoms with E-state index >= 15 is 0 Å². The quantitative estimate of drug-likeness (QED) is 0.890. The van der Waals surface area contributed by atoms with Gasteiger partial charge in [0.2, 0.25) is 0 Å². The number of nitrogens with zero attached hydrogens (tertiary/aromatic N) is 1. The fourth-order valence-electron chi connectivity index (χ4n) is 2.88. The molecule has 1 aliphatic heterocycles. The lowest BCUT2D eigenvalue weighted by Gasteiger charge is -2.21. The van der Waals surface area contributed by atoms with Crippen molar-refractivity contribution < 1.29 is 14.6 Å². The minimum atomic E-state index is -0.469. The number of rotatable bonds is 5. The lowest BCUT2D eigenvalue weighted by atomic mass is 10.0. The molecule has 0 bridgehead atoms. The number of aliphatic hydroxyl groups is 1. The lowest BCUT2D eigenvalue weighted by molar-refractivity contribution is -0.00461. The molecule has 0 radical (unpaired) electrons. The van der Waals surface area contributed by atoms with E-state index in [1.807, 2.05) is 13.8 Å². The van der Waals surface area contributed by atoms with Crippen LogP contribution in [0.25, 0.3) is 0 Å². The fourth-order valence-corrected chi connectivity index (χ4v) is 2.88. The lowest BCUT2D eigenvalue weighted by Crippen LogP contribution is -2.28. The maximum atomic E-state index is 10.5. The molecule has 20 heavy (non-hydrogen) atoms. The summed E-state index contributed by atoms with van der Waals surface area (Å²) in [5.74, 6) is 0. The Kier molecular flexibility index (Phi) is 5.16. The summed E-state index contributed by atoms with van der Waals surface area (Å²) in [5, 5.41) is 10.5. The van der Waals surface area contributed by atoms with Gasteiger partial charge in [-0.05, 0) is 25.0 Å². The van der Waals surface area contributed by atoms with E-state index in [1.165, 1.54) is 5.56 Å². The van der Waals surface area contributed by atoms with Gasteiger partial charge in [-0.25, -0.2) is 0 Å². The number of β-amino-alcohol motifs (C(OH)–C–C–N with tert-alkyl or cyclic N) is 1. The van der Waals surface area contributed by atoms with E-state index < -0.39 is 6.10 Å². The minimum Gasteiger partial charge on any atom is -0.387 e. The minimum absolute atomic E-state index is 0.0887. The topological polar surface area (TPSA) is 41.9 Å². The monoisotopic (exact) mass is 279 g/mol. The molecular weight excluding hydrogens is 254 g/mol. The molecule has 3 unspecified atom stereocenters. The van der Waals surface area contributed by atoms with Crippen LogP contribution in [-0.4, -0.2) is 56.1 Å². The summed E-state index contributed by atoms with van der Waals surface area (Å²) >= 11 is 0. The van der Waals surface area contributed by atoms with Crippen LogP contribution < -0.4 is 0 Å². The Morgan fingerprint density at radius 3 is 2.35 bits per heavy atom. The molecule has 3 atom stereocenters. The Morgan fingerprint density at radius 1 is 1.20 bits per heavy atom. The highest BCUT2D eigenvalue weighted by atomic mass is 16.5. The second-order valence-corrected chi connectivity index (χ2v) is 5.64. The summed E-state index contributed by atoms with van der Waals surface area (Å²) in [6, 6.07) is 6.20. The second kappa shape index (κ2) is 6.68. The van der Waals surface area contributed by atoms with E-state index in [0.29, 0.717) is 6.54 Å². The first-order chi connectivity index (χ1) is 9.55. The molecular formula is C16H25NO3. The van der Waals surface area contributed by atoms with E-state index in [2.05, 4.69) is 23.1 Å². The predicted molar refractivity (Wildman–Crippen MR) is 78.9 cm³/mol. The highest BCUT2D eigenvalue weighted by molar-refractivity contribution is 5.32. The van der Waals surface area contributed by atoms with E-state index in [1.54, 1.807) is 14.2 Å². The van der Waals surface area contributed by atoms with E-state index in [9.17, 15) is 5.11 Å². The number of benzene rings is 1. The maximum absolute atomic E-state index is 10.5. The van der Waals surface area contributed by atoms with Gasteiger partial charge in [0.05, 0.1) is 18.3 Å². The zero-order valence-corrected chi connectivity index (χ0v) is 12.8. The van der Waals surface area contributed by atoms with Gasteiger partial charge in [0, 0.05) is 33.9 Å². The van der Waals surface area contributed by atoms with Crippen molar-refractivity contribution in [2.45, 2.75) is 32.2 Å². The molecule has 1 fully saturated rings. The van der Waals surface area contributed by atoms with Crippen LogP contribution in [-0.2, 0) is 9.47 Å². The van der Waals surface area contributed by atoms with Crippen molar-refractivity contribution in [2.75, 3.05) is 33.9 Å². The van der Waals surface area contributed by atoms with Crippen molar-refractivity contribution >= 4 is 0 Å². The Labute approximate surface area is 121 Å². The molecule has 4 heteroatoms. The zero-order valence-electron chi connectivity index (χ0n) is 12.8. The van der Waals surface area contributed by atoms with Crippen LogP contribution in [0.3, 0.4) is 0 Å². The zero-order chi connectivity index (χ0) is 14.7. The summed E-state index contributed by atoms with van der Waals surface area (Å²) in [7, 11) is 3.42. The molecule has 0 spiro atoms. The van der Waals surface area contributed by atoms with Gasteiger partial charge in [0.25, 0.3) is 0 Å². The summed E-state index contributed by atoms with van der Waals surface area (Å²) in [4.78, 5) is 2.20. The number of hydrogen-bond donors (Lipinski definition) is 1. The first kappa shape index (κ1) is 15.4. The maximum Gasteiger partial charge on any atom is 0.0971 e. The third kappa shape index (κ3) is 3.38. The molecule has 0 aliphatic carbocycles. The molecule has 0 amide bonds. The van der Waals surface area contributed by atoms with Crippen molar-refractivity contribution in [3.8, 4) is 0 Å². The Morgan fingerprint density at radius 2 is 1.80 bits per heavy atom. The molecule has 112 valence electrons. The smallest absolute Gasteiger partial charge is 0.0971 e. The van der Waals surface area contributed by atoms with Gasteiger partial charge in [0.1, 0.15) is 0 Å². The molecule has 0 aromatic heterocycles. The Balaban J connectivity index is 2.01. The summed E-state index contributed by atoms with van der Waals surface area (Å²) < 4.78 is 10.9. The van der Waals surface area contributed by atoms with E-state index in [-0.39, 0.29) is 12.2 Å². The first-order valence-corrected chi connectivity index (χ1v) is 7.08. The molecule has 1 aromatic rings. The van der Waals surface area contributed by atoms with Crippen molar-refractivity contribution in [1.82, 2.24) is 4.90 Å². The number of hydrogen-bond acceptors (Lipinski definition) is 4. The normalized spacial score (nSPS) is 25.1. The second-order valence-electron chi connectivity index (χ2n) is 5.64. The van der Waals surface area contributed by atoms with Gasteiger partial charge in [0.15, 0.2) is 0 Å². The van der Waals surface area contributed by atoms with E-state index in [0.717, 1.165) is 24.2 Å². The highest BCUT2D eigenvalue weighted by Gasteiger charge is 2.33. The number of aryl methyl sites for hydroxylation is 2. The SMILES string of the molecule is COC1CN(CC(O)c2cc(C)ccc2C)CC1OC. The van der Waals surface area contributed by atoms with Crippen LogP contribution >= 0.6 is 0 Å². The molecule has 1 aromatic carbocycles. The van der Waals surface area contributed by atoms with Gasteiger partial charge in [-0.15, -0.1) is 0 Å². The molecule has 1 heterocycles. The molecule has 1 N–H and O–H groups in total. The van der Waals surface area contributed by atoms with Gasteiger partial charge in [-0.2, -0.15) is 0 Å². The average Bonchev–Trinajstić information content (AvgIpc) is 2.83. The molecule has 2 rings (SSSR count). The van der Waals surface area contributed by atoms with Gasteiger partial charge in [-0.3, -0.25) is 4.90 Å². The van der Waals surface area contributed by atoms with Crippen LogP contribution in [0.5, 0.6) is 0 Å². The third-order valence-corrected chi connectivity index (χ3v) is 4.12. The summed E-state index contributed by atoms with van der Waals surface area (Å²) in [5.41, 5.74) is 3.32. The number of methoxy groups -OCH3 is 2. The van der Waals surface area contributed by atoms with Gasteiger partial charge in [-0.1, -0.05) is 23.8 Å². The van der Waals surface area contributed by atoms with E-state index in [4.69, 9.17) is 9.47 Å². The average molecular weight is 279 g/mol. The molecule has 1 aliphatic rings. The number of aliphatic hydroxyl groups excluding tert-OH is 1. The van der Waals surface area contributed by atoms with Crippen molar-refractivity contribution in [2.24, 2.45) is 0 Å². The van der Waals surface area contributed by atoms with Crippen molar-refractivity contribution in [1.29, 1.82) is 0 Å². The summed E-state index contributed by atoms with van der Waals surface area (Å²) in [6.45, 7) is 6.31. The van der Waals surface area contributed by atoms with Crippen LogP contribution in [0.1, 0.15) is 22.8 Å². The van der Waals surface area contributed by atoms with Gasteiger partial charge < -0.3 is 14.6 Å². The van der Waals surface area contributed by atoms with Crippen LogP contribution in [0, 0.1) is 13.8 Å².